The van der Waals surface area contributed by atoms with Crippen LogP contribution in [0, 0.1) is 6.92 Å². The standard InChI is InChI=1S/C11H14O/c1-3-4-9-12-11-8-6-5-7-10(11)2/h4-9H,3H2,1-2H3. The minimum atomic E-state index is 0.933. The van der Waals surface area contributed by atoms with E-state index >= 15 is 0 Å². The Labute approximate surface area is 73.7 Å². The molecule has 0 aliphatic rings. The van der Waals surface area contributed by atoms with Gasteiger partial charge in [0.1, 0.15) is 5.75 Å². The van der Waals surface area contributed by atoms with Gasteiger partial charge in [0.25, 0.3) is 0 Å². The molecule has 0 saturated heterocycles. The van der Waals surface area contributed by atoms with Crippen LogP contribution in [0.3, 0.4) is 0 Å². The Kier molecular flexibility index (Phi) is 3.39. The molecule has 1 heteroatoms. The Morgan fingerprint density at radius 3 is 2.75 bits per heavy atom. The van der Waals surface area contributed by atoms with Gasteiger partial charge in [0.05, 0.1) is 6.26 Å². The fraction of sp³-hybridized carbons (Fsp3) is 0.273. The second-order valence-corrected chi connectivity index (χ2v) is 2.66. The molecule has 0 heterocycles. The fourth-order valence-electron chi connectivity index (χ4n) is 0.906. The van der Waals surface area contributed by atoms with E-state index < -0.39 is 0 Å². The summed E-state index contributed by atoms with van der Waals surface area (Å²) in [5.41, 5.74) is 1.17. The summed E-state index contributed by atoms with van der Waals surface area (Å²) in [7, 11) is 0. The number of allylic oxidation sites excluding steroid dienone is 1. The largest absolute Gasteiger partial charge is 0.465 e. The first-order valence-electron chi connectivity index (χ1n) is 4.22. The van der Waals surface area contributed by atoms with Gasteiger partial charge in [-0.15, -0.1) is 0 Å². The first kappa shape index (κ1) is 8.85. The van der Waals surface area contributed by atoms with Gasteiger partial charge in [-0.05, 0) is 31.1 Å². The normalized spacial score (nSPS) is 10.5. The Morgan fingerprint density at radius 2 is 2.08 bits per heavy atom. The summed E-state index contributed by atoms with van der Waals surface area (Å²) in [6.07, 6.45) is 4.74. The van der Waals surface area contributed by atoms with Crippen molar-refractivity contribution < 1.29 is 4.74 Å². The summed E-state index contributed by atoms with van der Waals surface area (Å²) >= 11 is 0. The maximum atomic E-state index is 5.40. The van der Waals surface area contributed by atoms with Crippen LogP contribution < -0.4 is 4.74 Å². The van der Waals surface area contributed by atoms with Crippen LogP contribution in [-0.4, -0.2) is 0 Å². The molecule has 1 nitrogen and oxygen atoms in total. The van der Waals surface area contributed by atoms with E-state index in [-0.39, 0.29) is 0 Å². The van der Waals surface area contributed by atoms with Crippen molar-refractivity contribution in [2.24, 2.45) is 0 Å². The van der Waals surface area contributed by atoms with Crippen molar-refractivity contribution in [1.82, 2.24) is 0 Å². The van der Waals surface area contributed by atoms with Gasteiger partial charge >= 0.3 is 0 Å². The van der Waals surface area contributed by atoms with Crippen molar-refractivity contribution >= 4 is 0 Å². The van der Waals surface area contributed by atoms with Crippen LogP contribution in [0.4, 0.5) is 0 Å². The van der Waals surface area contributed by atoms with Gasteiger partial charge in [0, 0.05) is 0 Å². The number of para-hydroxylation sites is 1. The molecule has 0 spiro atoms. The zero-order valence-electron chi connectivity index (χ0n) is 7.58. The van der Waals surface area contributed by atoms with Crippen molar-refractivity contribution in [2.45, 2.75) is 20.3 Å². The summed E-state index contributed by atoms with van der Waals surface area (Å²) in [5, 5.41) is 0. The van der Waals surface area contributed by atoms with Crippen molar-refractivity contribution in [1.29, 1.82) is 0 Å². The predicted molar refractivity (Wildman–Crippen MR) is 51.2 cm³/mol. The van der Waals surface area contributed by atoms with E-state index in [1.54, 1.807) is 6.26 Å². The summed E-state index contributed by atoms with van der Waals surface area (Å²) in [6, 6.07) is 7.98. The summed E-state index contributed by atoms with van der Waals surface area (Å²) < 4.78 is 5.40. The summed E-state index contributed by atoms with van der Waals surface area (Å²) in [6.45, 7) is 4.12. The smallest absolute Gasteiger partial charge is 0.129 e. The quantitative estimate of drug-likeness (QED) is 0.619. The molecule has 0 aliphatic heterocycles. The highest BCUT2D eigenvalue weighted by Gasteiger charge is 1.92. The van der Waals surface area contributed by atoms with Crippen molar-refractivity contribution in [3.8, 4) is 5.75 Å². The average molecular weight is 162 g/mol. The minimum Gasteiger partial charge on any atom is -0.465 e. The first-order valence-corrected chi connectivity index (χ1v) is 4.22. The highest BCUT2D eigenvalue weighted by Crippen LogP contribution is 2.16. The van der Waals surface area contributed by atoms with Gasteiger partial charge in [-0.2, -0.15) is 0 Å². The molecule has 0 atom stereocenters. The molecule has 1 aromatic rings. The van der Waals surface area contributed by atoms with Gasteiger partial charge in [0.2, 0.25) is 0 Å². The second-order valence-electron chi connectivity index (χ2n) is 2.66. The molecule has 0 saturated carbocycles. The lowest BCUT2D eigenvalue weighted by Gasteiger charge is -2.02. The van der Waals surface area contributed by atoms with E-state index in [2.05, 4.69) is 6.92 Å². The number of aryl methyl sites for hydroxylation is 1. The molecule has 0 amide bonds. The number of rotatable bonds is 3. The van der Waals surface area contributed by atoms with Crippen LogP contribution in [0.1, 0.15) is 18.9 Å². The minimum absolute atomic E-state index is 0.933. The van der Waals surface area contributed by atoms with Crippen LogP contribution in [0.2, 0.25) is 0 Å². The van der Waals surface area contributed by atoms with Gasteiger partial charge in [-0.25, -0.2) is 0 Å². The molecule has 12 heavy (non-hydrogen) atoms. The van der Waals surface area contributed by atoms with Crippen molar-refractivity contribution in [3.05, 3.63) is 42.2 Å². The second kappa shape index (κ2) is 4.60. The van der Waals surface area contributed by atoms with Crippen LogP contribution in [0.25, 0.3) is 0 Å². The molecule has 0 aromatic heterocycles. The zero-order chi connectivity index (χ0) is 8.81. The molecule has 0 aliphatic carbocycles. The molecular weight excluding hydrogens is 148 g/mol. The van der Waals surface area contributed by atoms with Crippen LogP contribution in [-0.2, 0) is 0 Å². The molecule has 1 aromatic carbocycles. The molecular formula is C11H14O. The molecule has 0 unspecified atom stereocenters. The fourth-order valence-corrected chi connectivity index (χ4v) is 0.906. The first-order chi connectivity index (χ1) is 5.84. The molecule has 64 valence electrons. The van der Waals surface area contributed by atoms with Gasteiger partial charge in [0.15, 0.2) is 0 Å². The van der Waals surface area contributed by atoms with E-state index in [1.807, 2.05) is 37.3 Å². The van der Waals surface area contributed by atoms with Gasteiger partial charge < -0.3 is 4.74 Å². The lowest BCUT2D eigenvalue weighted by molar-refractivity contribution is 0.475. The lowest BCUT2D eigenvalue weighted by atomic mass is 10.2. The molecule has 0 N–H and O–H groups in total. The summed E-state index contributed by atoms with van der Waals surface area (Å²) in [5.74, 6) is 0.933. The Bertz CT molecular complexity index is 263. The van der Waals surface area contributed by atoms with E-state index in [0.29, 0.717) is 0 Å². The average Bonchev–Trinajstić information content (AvgIpc) is 2.09. The maximum Gasteiger partial charge on any atom is 0.129 e. The topological polar surface area (TPSA) is 9.23 Å². The number of hydrogen-bond acceptors (Lipinski definition) is 1. The van der Waals surface area contributed by atoms with Crippen LogP contribution in [0.15, 0.2) is 36.6 Å². The molecule has 0 radical (unpaired) electrons. The van der Waals surface area contributed by atoms with Gasteiger partial charge in [-0.1, -0.05) is 25.1 Å². The highest BCUT2D eigenvalue weighted by atomic mass is 16.5. The maximum absolute atomic E-state index is 5.40. The lowest BCUT2D eigenvalue weighted by Crippen LogP contribution is -1.84. The predicted octanol–water partition coefficient (Wildman–Crippen LogP) is 3.30. The number of benzene rings is 1. The van der Waals surface area contributed by atoms with E-state index in [9.17, 15) is 0 Å². The monoisotopic (exact) mass is 162 g/mol. The number of ether oxygens (including phenoxy) is 1. The molecule has 1 rings (SSSR count). The third-order valence-electron chi connectivity index (χ3n) is 1.62. The molecule has 0 bridgehead atoms. The number of hydrogen-bond donors (Lipinski definition) is 0. The third kappa shape index (κ3) is 2.42. The van der Waals surface area contributed by atoms with E-state index in [1.165, 1.54) is 5.56 Å². The Hall–Kier alpha value is -1.24. The molecule has 0 fully saturated rings. The zero-order valence-corrected chi connectivity index (χ0v) is 7.58. The van der Waals surface area contributed by atoms with Crippen LogP contribution in [0.5, 0.6) is 5.75 Å². The Morgan fingerprint density at radius 1 is 1.33 bits per heavy atom. The van der Waals surface area contributed by atoms with Crippen molar-refractivity contribution in [2.75, 3.05) is 0 Å². The Balaban J connectivity index is 2.63. The highest BCUT2D eigenvalue weighted by molar-refractivity contribution is 5.32. The van der Waals surface area contributed by atoms with E-state index in [4.69, 9.17) is 4.74 Å². The third-order valence-corrected chi connectivity index (χ3v) is 1.62. The van der Waals surface area contributed by atoms with Gasteiger partial charge in [-0.3, -0.25) is 0 Å². The van der Waals surface area contributed by atoms with Crippen LogP contribution >= 0.6 is 0 Å². The SMILES string of the molecule is CCC=COc1ccccc1C. The van der Waals surface area contributed by atoms with E-state index in [0.717, 1.165) is 12.2 Å². The van der Waals surface area contributed by atoms with Crippen molar-refractivity contribution in [3.63, 3.8) is 0 Å². The summed E-state index contributed by atoms with van der Waals surface area (Å²) in [4.78, 5) is 0.